The maximum absolute atomic E-state index is 11.0. The van der Waals surface area contributed by atoms with Crippen molar-refractivity contribution in [2.24, 2.45) is 0 Å². The molecule has 0 saturated carbocycles. The van der Waals surface area contributed by atoms with E-state index in [0.29, 0.717) is 12.2 Å². The summed E-state index contributed by atoms with van der Waals surface area (Å²) in [5.41, 5.74) is 0.960. The molecule has 0 aromatic carbocycles. The van der Waals surface area contributed by atoms with Crippen LogP contribution in [0.15, 0.2) is 18.6 Å². The van der Waals surface area contributed by atoms with Crippen LogP contribution in [-0.4, -0.2) is 54.4 Å². The Labute approximate surface area is 136 Å². The molecule has 2 aromatic rings. The molecule has 3 heterocycles. The van der Waals surface area contributed by atoms with E-state index < -0.39 is 5.60 Å². The number of aryl methyl sites for hydroxylation is 1. The molecule has 0 amide bonds. The average molecular weight is 318 g/mol. The van der Waals surface area contributed by atoms with Gasteiger partial charge in [0.25, 0.3) is 0 Å². The van der Waals surface area contributed by atoms with E-state index in [2.05, 4.69) is 34.2 Å². The number of hydrogen-bond donors (Lipinski definition) is 1. The van der Waals surface area contributed by atoms with Crippen molar-refractivity contribution in [1.82, 2.24) is 29.7 Å². The van der Waals surface area contributed by atoms with E-state index in [1.807, 2.05) is 30.2 Å². The predicted octanol–water partition coefficient (Wildman–Crippen LogP) is 1.35. The van der Waals surface area contributed by atoms with Crippen LogP contribution in [0.1, 0.15) is 44.0 Å². The lowest BCUT2D eigenvalue weighted by molar-refractivity contribution is -0.0398. The Morgan fingerprint density at radius 3 is 2.78 bits per heavy atom. The standard InChI is InChI=1S/C16H26N6O/c1-13(2)22-11-15(18-19-22)16(23)5-4-6-20(12-16)7-8-21-10-14(3)9-17-21/h9-11,13,23H,4-8,12H2,1-3H3. The molecule has 1 fully saturated rings. The first-order valence-electron chi connectivity index (χ1n) is 8.32. The summed E-state index contributed by atoms with van der Waals surface area (Å²) in [4.78, 5) is 2.29. The molecule has 1 unspecified atom stereocenters. The highest BCUT2D eigenvalue weighted by Crippen LogP contribution is 2.30. The molecule has 126 valence electrons. The fourth-order valence-electron chi connectivity index (χ4n) is 3.10. The van der Waals surface area contributed by atoms with Crippen LogP contribution < -0.4 is 0 Å². The molecule has 0 radical (unpaired) electrons. The highest BCUT2D eigenvalue weighted by Gasteiger charge is 2.37. The Bertz CT molecular complexity index is 649. The number of nitrogens with zero attached hydrogens (tertiary/aromatic N) is 6. The summed E-state index contributed by atoms with van der Waals surface area (Å²) in [6.45, 7) is 9.47. The number of aromatic nitrogens is 5. The van der Waals surface area contributed by atoms with Gasteiger partial charge < -0.3 is 5.11 Å². The van der Waals surface area contributed by atoms with Crippen molar-refractivity contribution in [3.8, 4) is 0 Å². The molecule has 23 heavy (non-hydrogen) atoms. The van der Waals surface area contributed by atoms with E-state index in [9.17, 15) is 5.11 Å². The first-order valence-corrected chi connectivity index (χ1v) is 8.32. The molecule has 7 nitrogen and oxygen atoms in total. The van der Waals surface area contributed by atoms with Gasteiger partial charge in [0, 0.05) is 25.3 Å². The molecule has 7 heteroatoms. The Hall–Kier alpha value is -1.73. The summed E-state index contributed by atoms with van der Waals surface area (Å²) in [6, 6.07) is 0.252. The summed E-state index contributed by atoms with van der Waals surface area (Å²) < 4.78 is 3.76. The lowest BCUT2D eigenvalue weighted by atomic mass is 9.90. The number of piperidine rings is 1. The van der Waals surface area contributed by atoms with Crippen molar-refractivity contribution in [3.05, 3.63) is 29.8 Å². The van der Waals surface area contributed by atoms with E-state index in [1.54, 1.807) is 4.68 Å². The van der Waals surface area contributed by atoms with E-state index in [0.717, 1.165) is 32.5 Å². The van der Waals surface area contributed by atoms with Gasteiger partial charge in [0.1, 0.15) is 11.3 Å². The molecule has 1 N–H and O–H groups in total. The quantitative estimate of drug-likeness (QED) is 0.901. The summed E-state index contributed by atoms with van der Waals surface area (Å²) in [5.74, 6) is 0. The second-order valence-corrected chi connectivity index (χ2v) is 6.87. The molecule has 2 aromatic heterocycles. The fraction of sp³-hybridized carbons (Fsp3) is 0.688. The van der Waals surface area contributed by atoms with Crippen LogP contribution >= 0.6 is 0 Å². The Balaban J connectivity index is 1.64. The van der Waals surface area contributed by atoms with Gasteiger partial charge in [-0.05, 0) is 45.7 Å². The third-order valence-electron chi connectivity index (χ3n) is 4.47. The minimum absolute atomic E-state index is 0.252. The van der Waals surface area contributed by atoms with Crippen LogP contribution in [0.25, 0.3) is 0 Å². The highest BCUT2D eigenvalue weighted by atomic mass is 16.3. The van der Waals surface area contributed by atoms with Crippen molar-refractivity contribution >= 4 is 0 Å². The van der Waals surface area contributed by atoms with Crippen molar-refractivity contribution < 1.29 is 5.11 Å². The van der Waals surface area contributed by atoms with Crippen molar-refractivity contribution in [2.75, 3.05) is 19.6 Å². The molecule has 1 aliphatic heterocycles. The summed E-state index contributed by atoms with van der Waals surface area (Å²) >= 11 is 0. The Morgan fingerprint density at radius 2 is 2.13 bits per heavy atom. The van der Waals surface area contributed by atoms with Gasteiger partial charge in [0.05, 0.1) is 18.9 Å². The second kappa shape index (κ2) is 6.41. The molecule has 1 aliphatic rings. The number of β-amino-alcohol motifs (C(OH)–C–C–N with tert-alkyl or cyclic N) is 1. The molecule has 0 bridgehead atoms. The molecule has 1 saturated heterocycles. The van der Waals surface area contributed by atoms with Crippen LogP contribution in [0.4, 0.5) is 0 Å². The third-order valence-corrected chi connectivity index (χ3v) is 4.47. The number of likely N-dealkylation sites (tertiary alicyclic amines) is 1. The van der Waals surface area contributed by atoms with Crippen LogP contribution in [0, 0.1) is 6.92 Å². The van der Waals surface area contributed by atoms with Crippen LogP contribution in [0.3, 0.4) is 0 Å². The van der Waals surface area contributed by atoms with Crippen LogP contribution in [-0.2, 0) is 12.1 Å². The first-order chi connectivity index (χ1) is 11.0. The van der Waals surface area contributed by atoms with E-state index >= 15 is 0 Å². The predicted molar refractivity (Wildman–Crippen MR) is 86.9 cm³/mol. The van der Waals surface area contributed by atoms with Crippen LogP contribution in [0.2, 0.25) is 0 Å². The normalized spacial score (nSPS) is 22.8. The van der Waals surface area contributed by atoms with Crippen molar-refractivity contribution in [1.29, 1.82) is 0 Å². The summed E-state index contributed by atoms with van der Waals surface area (Å²) in [6.07, 6.45) is 7.50. The van der Waals surface area contributed by atoms with E-state index in [-0.39, 0.29) is 6.04 Å². The lowest BCUT2D eigenvalue weighted by Gasteiger charge is -2.37. The number of hydrogen-bond acceptors (Lipinski definition) is 5. The van der Waals surface area contributed by atoms with E-state index in [4.69, 9.17) is 0 Å². The van der Waals surface area contributed by atoms with Gasteiger partial charge in [-0.15, -0.1) is 5.10 Å². The summed E-state index contributed by atoms with van der Waals surface area (Å²) in [7, 11) is 0. The van der Waals surface area contributed by atoms with Gasteiger partial charge in [-0.3, -0.25) is 9.58 Å². The van der Waals surface area contributed by atoms with Crippen LogP contribution in [0.5, 0.6) is 0 Å². The fourth-order valence-corrected chi connectivity index (χ4v) is 3.10. The zero-order valence-electron chi connectivity index (χ0n) is 14.2. The molecular weight excluding hydrogens is 292 g/mol. The van der Waals surface area contributed by atoms with Gasteiger partial charge in [-0.2, -0.15) is 5.10 Å². The van der Waals surface area contributed by atoms with Gasteiger partial charge in [0.15, 0.2) is 0 Å². The molecular formula is C16H26N6O. The molecule has 0 spiro atoms. The smallest absolute Gasteiger partial charge is 0.123 e. The number of aliphatic hydroxyl groups is 1. The largest absolute Gasteiger partial charge is 0.382 e. The third kappa shape index (κ3) is 3.61. The van der Waals surface area contributed by atoms with Gasteiger partial charge in [0.2, 0.25) is 0 Å². The van der Waals surface area contributed by atoms with Crippen molar-refractivity contribution in [2.45, 2.75) is 51.8 Å². The topological polar surface area (TPSA) is 72.0 Å². The highest BCUT2D eigenvalue weighted by molar-refractivity contribution is 5.10. The van der Waals surface area contributed by atoms with E-state index in [1.165, 1.54) is 5.56 Å². The molecule has 0 aliphatic carbocycles. The monoisotopic (exact) mass is 318 g/mol. The lowest BCUT2D eigenvalue weighted by Crippen LogP contribution is -2.47. The number of rotatable bonds is 5. The zero-order chi connectivity index (χ0) is 16.4. The maximum atomic E-state index is 11.0. The van der Waals surface area contributed by atoms with Crippen molar-refractivity contribution in [3.63, 3.8) is 0 Å². The Morgan fingerprint density at radius 1 is 1.30 bits per heavy atom. The maximum Gasteiger partial charge on any atom is 0.123 e. The average Bonchev–Trinajstić information content (AvgIpc) is 3.14. The SMILES string of the molecule is Cc1cnn(CCN2CCCC(O)(c3cn(C(C)C)nn3)C2)c1. The summed E-state index contributed by atoms with van der Waals surface area (Å²) in [5, 5.41) is 23.7. The zero-order valence-corrected chi connectivity index (χ0v) is 14.2. The first kappa shape index (κ1) is 16.1. The molecule has 3 rings (SSSR count). The molecule has 1 atom stereocenters. The van der Waals surface area contributed by atoms with Gasteiger partial charge >= 0.3 is 0 Å². The van der Waals surface area contributed by atoms with Gasteiger partial charge in [-0.25, -0.2) is 4.68 Å². The Kier molecular flexibility index (Phi) is 4.50. The second-order valence-electron chi connectivity index (χ2n) is 6.87. The minimum atomic E-state index is -0.897. The minimum Gasteiger partial charge on any atom is -0.382 e. The van der Waals surface area contributed by atoms with Gasteiger partial charge in [-0.1, -0.05) is 5.21 Å².